The van der Waals surface area contributed by atoms with Gasteiger partial charge in [0.15, 0.2) is 0 Å². The topological polar surface area (TPSA) is 15.3 Å². The van der Waals surface area contributed by atoms with Gasteiger partial charge in [0.05, 0.1) is 0 Å². The number of nitrogens with one attached hydrogen (secondary N) is 1. The molecule has 1 aromatic rings. The second kappa shape index (κ2) is 8.04. The van der Waals surface area contributed by atoms with Gasteiger partial charge in [-0.25, -0.2) is 4.39 Å². The molecule has 1 saturated heterocycles. The highest BCUT2D eigenvalue weighted by Crippen LogP contribution is 2.29. The van der Waals surface area contributed by atoms with Crippen molar-refractivity contribution < 1.29 is 4.39 Å². The van der Waals surface area contributed by atoms with Gasteiger partial charge in [0.25, 0.3) is 0 Å². The minimum Gasteiger partial charge on any atom is -0.369 e. The Morgan fingerprint density at radius 2 is 2.24 bits per heavy atom. The second-order valence-corrected chi connectivity index (χ2v) is 7.52. The summed E-state index contributed by atoms with van der Waals surface area (Å²) in [7, 11) is 0. The first kappa shape index (κ1) is 16.6. The van der Waals surface area contributed by atoms with Crippen molar-refractivity contribution in [1.82, 2.24) is 5.32 Å². The van der Waals surface area contributed by atoms with Gasteiger partial charge in [0.1, 0.15) is 5.82 Å². The maximum Gasteiger partial charge on any atom is 0.129 e. The maximum absolute atomic E-state index is 14.2. The maximum atomic E-state index is 14.2. The van der Waals surface area contributed by atoms with Crippen molar-refractivity contribution in [1.29, 1.82) is 0 Å². The molecule has 1 aromatic carbocycles. The third kappa shape index (κ3) is 4.62. The SMILES string of the molecule is CCC1CN(c2cccc(F)c2CNCC(C)C)CCS1. The summed E-state index contributed by atoms with van der Waals surface area (Å²) < 4.78 is 14.2. The highest BCUT2D eigenvalue weighted by molar-refractivity contribution is 8.00. The fourth-order valence-electron chi connectivity index (χ4n) is 2.69. The molecule has 1 fully saturated rings. The van der Waals surface area contributed by atoms with Gasteiger partial charge in [-0.3, -0.25) is 0 Å². The first-order valence-corrected chi connectivity index (χ1v) is 9.01. The van der Waals surface area contributed by atoms with Gasteiger partial charge >= 0.3 is 0 Å². The molecule has 1 unspecified atom stereocenters. The molecule has 4 heteroatoms. The number of halogens is 1. The van der Waals surface area contributed by atoms with Crippen LogP contribution >= 0.6 is 11.8 Å². The fourth-order valence-corrected chi connectivity index (χ4v) is 3.87. The smallest absolute Gasteiger partial charge is 0.129 e. The van der Waals surface area contributed by atoms with Crippen molar-refractivity contribution in [2.24, 2.45) is 5.92 Å². The zero-order valence-electron chi connectivity index (χ0n) is 13.4. The molecule has 1 heterocycles. The number of hydrogen-bond donors (Lipinski definition) is 1. The van der Waals surface area contributed by atoms with E-state index in [9.17, 15) is 4.39 Å². The molecule has 118 valence electrons. The van der Waals surface area contributed by atoms with Crippen LogP contribution in [0.1, 0.15) is 32.8 Å². The Labute approximate surface area is 132 Å². The van der Waals surface area contributed by atoms with E-state index in [1.54, 1.807) is 6.07 Å². The van der Waals surface area contributed by atoms with E-state index in [0.717, 1.165) is 36.6 Å². The van der Waals surface area contributed by atoms with Crippen LogP contribution in [0.3, 0.4) is 0 Å². The Balaban J connectivity index is 2.12. The lowest BCUT2D eigenvalue weighted by molar-refractivity contribution is 0.534. The van der Waals surface area contributed by atoms with Crippen LogP contribution in [0.4, 0.5) is 10.1 Å². The highest BCUT2D eigenvalue weighted by atomic mass is 32.2. The molecule has 1 atom stereocenters. The molecule has 1 N–H and O–H groups in total. The van der Waals surface area contributed by atoms with Gasteiger partial charge < -0.3 is 10.2 Å². The third-order valence-corrected chi connectivity index (χ3v) is 5.26. The number of thioether (sulfide) groups is 1. The highest BCUT2D eigenvalue weighted by Gasteiger charge is 2.22. The molecule has 0 aromatic heterocycles. The monoisotopic (exact) mass is 310 g/mol. The van der Waals surface area contributed by atoms with E-state index in [-0.39, 0.29) is 5.82 Å². The minimum atomic E-state index is -0.0879. The molecular weight excluding hydrogens is 283 g/mol. The third-order valence-electron chi connectivity index (χ3n) is 3.88. The summed E-state index contributed by atoms with van der Waals surface area (Å²) >= 11 is 2.04. The average molecular weight is 310 g/mol. The Hall–Kier alpha value is -0.740. The zero-order valence-corrected chi connectivity index (χ0v) is 14.2. The molecule has 1 aliphatic rings. The summed E-state index contributed by atoms with van der Waals surface area (Å²) in [5.41, 5.74) is 1.89. The Bertz CT molecular complexity index is 450. The molecule has 1 aliphatic heterocycles. The lowest BCUT2D eigenvalue weighted by atomic mass is 10.1. The van der Waals surface area contributed by atoms with E-state index in [2.05, 4.69) is 37.1 Å². The Morgan fingerprint density at radius 3 is 2.95 bits per heavy atom. The van der Waals surface area contributed by atoms with Crippen molar-refractivity contribution in [2.45, 2.75) is 39.0 Å². The molecule has 0 aliphatic carbocycles. The summed E-state index contributed by atoms with van der Waals surface area (Å²) in [6, 6.07) is 5.48. The van der Waals surface area contributed by atoms with Crippen LogP contribution in [0.25, 0.3) is 0 Å². The number of benzene rings is 1. The van der Waals surface area contributed by atoms with Crippen LogP contribution in [0.2, 0.25) is 0 Å². The Kier molecular flexibility index (Phi) is 6.37. The van der Waals surface area contributed by atoms with Crippen molar-refractivity contribution >= 4 is 17.4 Å². The van der Waals surface area contributed by atoms with E-state index in [4.69, 9.17) is 0 Å². The van der Waals surface area contributed by atoms with E-state index in [1.807, 2.05) is 17.8 Å². The molecule has 0 saturated carbocycles. The summed E-state index contributed by atoms with van der Waals surface area (Å²) in [5.74, 6) is 1.62. The standard InChI is InChI=1S/C17H27FN2S/c1-4-14-12-20(8-9-21-14)17-7-5-6-16(18)15(17)11-19-10-13(2)3/h5-7,13-14,19H,4,8-12H2,1-3H3. The van der Waals surface area contributed by atoms with Crippen molar-refractivity contribution in [2.75, 3.05) is 30.3 Å². The zero-order chi connectivity index (χ0) is 15.2. The lowest BCUT2D eigenvalue weighted by Gasteiger charge is -2.35. The van der Waals surface area contributed by atoms with Crippen LogP contribution < -0.4 is 10.2 Å². The first-order valence-electron chi connectivity index (χ1n) is 7.96. The molecule has 0 radical (unpaired) electrons. The molecule has 21 heavy (non-hydrogen) atoms. The van der Waals surface area contributed by atoms with E-state index >= 15 is 0 Å². The first-order chi connectivity index (χ1) is 10.1. The molecule has 2 nitrogen and oxygen atoms in total. The predicted molar refractivity (Wildman–Crippen MR) is 91.7 cm³/mol. The normalized spacial score (nSPS) is 19.3. The largest absolute Gasteiger partial charge is 0.369 e. The summed E-state index contributed by atoms with van der Waals surface area (Å²) in [6.45, 7) is 10.1. The number of anilines is 1. The van der Waals surface area contributed by atoms with E-state index in [0.29, 0.717) is 17.7 Å². The van der Waals surface area contributed by atoms with Crippen LogP contribution in [-0.4, -0.2) is 30.6 Å². The minimum absolute atomic E-state index is 0.0879. The van der Waals surface area contributed by atoms with Crippen molar-refractivity contribution in [3.63, 3.8) is 0 Å². The number of rotatable bonds is 6. The van der Waals surface area contributed by atoms with Gasteiger partial charge in [-0.15, -0.1) is 0 Å². The number of hydrogen-bond acceptors (Lipinski definition) is 3. The molecular formula is C17H27FN2S. The van der Waals surface area contributed by atoms with Gasteiger partial charge in [-0.1, -0.05) is 26.8 Å². The summed E-state index contributed by atoms with van der Waals surface area (Å²) in [4.78, 5) is 2.36. The molecule has 0 amide bonds. The quantitative estimate of drug-likeness (QED) is 0.858. The van der Waals surface area contributed by atoms with Crippen molar-refractivity contribution in [3.05, 3.63) is 29.6 Å². The van der Waals surface area contributed by atoms with E-state index < -0.39 is 0 Å². The lowest BCUT2D eigenvalue weighted by Crippen LogP contribution is -2.38. The van der Waals surface area contributed by atoms with Gasteiger partial charge in [-0.05, 0) is 31.0 Å². The molecule has 0 spiro atoms. The van der Waals surface area contributed by atoms with Crippen LogP contribution in [0.5, 0.6) is 0 Å². The van der Waals surface area contributed by atoms with Gasteiger partial charge in [0, 0.05) is 41.9 Å². The Morgan fingerprint density at radius 1 is 1.43 bits per heavy atom. The molecule has 2 rings (SSSR count). The van der Waals surface area contributed by atoms with Gasteiger partial charge in [-0.2, -0.15) is 11.8 Å². The van der Waals surface area contributed by atoms with Crippen LogP contribution in [-0.2, 0) is 6.54 Å². The van der Waals surface area contributed by atoms with Crippen LogP contribution in [0, 0.1) is 11.7 Å². The second-order valence-electron chi connectivity index (χ2n) is 6.11. The molecule has 0 bridgehead atoms. The van der Waals surface area contributed by atoms with Crippen LogP contribution in [0.15, 0.2) is 18.2 Å². The number of nitrogens with zero attached hydrogens (tertiary/aromatic N) is 1. The summed E-state index contributed by atoms with van der Waals surface area (Å²) in [5, 5.41) is 4.04. The van der Waals surface area contributed by atoms with E-state index in [1.165, 1.54) is 6.42 Å². The summed E-state index contributed by atoms with van der Waals surface area (Å²) in [6.07, 6.45) is 1.18. The average Bonchev–Trinajstić information content (AvgIpc) is 2.48. The fraction of sp³-hybridized carbons (Fsp3) is 0.647. The van der Waals surface area contributed by atoms with Gasteiger partial charge in [0.2, 0.25) is 0 Å². The predicted octanol–water partition coefficient (Wildman–Crippen LogP) is 3.90. The van der Waals surface area contributed by atoms with Crippen molar-refractivity contribution in [3.8, 4) is 0 Å².